The van der Waals surface area contributed by atoms with Crippen LogP contribution in [-0.4, -0.2) is 34.5 Å². The Bertz CT molecular complexity index is 577. The van der Waals surface area contributed by atoms with Crippen LogP contribution in [-0.2, 0) is 9.47 Å². The zero-order valence-corrected chi connectivity index (χ0v) is 14.9. The minimum Gasteiger partial charge on any atom is -0.353 e. The number of aromatic nitrogens is 3. The van der Waals surface area contributed by atoms with Gasteiger partial charge in [0.1, 0.15) is 11.7 Å². The molecular formula is C18H30N4O2. The van der Waals surface area contributed by atoms with E-state index in [9.17, 15) is 0 Å². The second kappa shape index (κ2) is 10.4. The third-order valence-corrected chi connectivity index (χ3v) is 3.99. The fraction of sp³-hybridized carbons (Fsp3) is 0.667. The highest BCUT2D eigenvalue weighted by Crippen LogP contribution is 2.18. The van der Waals surface area contributed by atoms with Crippen molar-refractivity contribution < 1.29 is 9.47 Å². The van der Waals surface area contributed by atoms with Gasteiger partial charge in [-0.05, 0) is 31.4 Å². The van der Waals surface area contributed by atoms with Crippen molar-refractivity contribution in [2.75, 3.05) is 13.2 Å². The first-order chi connectivity index (χ1) is 11.8. The lowest BCUT2D eigenvalue weighted by Crippen LogP contribution is -2.25. The Balaban J connectivity index is 1.88. The highest BCUT2D eigenvalue weighted by molar-refractivity contribution is 5.73. The van der Waals surface area contributed by atoms with Crippen LogP contribution < -0.4 is 5.73 Å². The molecular weight excluding hydrogens is 304 g/mol. The molecule has 0 aliphatic rings. The Labute approximate surface area is 144 Å². The number of hydrogen-bond acceptors (Lipinski definition) is 5. The van der Waals surface area contributed by atoms with E-state index in [-0.39, 0.29) is 12.5 Å². The van der Waals surface area contributed by atoms with Crippen molar-refractivity contribution in [3.8, 4) is 0 Å². The van der Waals surface area contributed by atoms with E-state index >= 15 is 0 Å². The van der Waals surface area contributed by atoms with Gasteiger partial charge in [0.2, 0.25) is 0 Å². The molecule has 2 rings (SSSR count). The van der Waals surface area contributed by atoms with Gasteiger partial charge in [-0.25, -0.2) is 4.68 Å². The Kier molecular flexibility index (Phi) is 8.15. The smallest absolute Gasteiger partial charge is 0.157 e. The molecule has 1 heterocycles. The molecule has 1 aromatic carbocycles. The molecule has 6 nitrogen and oxygen atoms in total. The molecule has 0 bridgehead atoms. The lowest BCUT2D eigenvalue weighted by atomic mass is 10.2. The number of ether oxygens (including phenoxy) is 2. The SMILES string of the molecule is CCCCOC(CCC(N)n1nnc2ccccc21)OCCCC. The molecule has 1 aromatic heterocycles. The number of nitrogens with zero attached hydrogens (tertiary/aromatic N) is 3. The molecule has 0 aliphatic heterocycles. The number of benzene rings is 1. The summed E-state index contributed by atoms with van der Waals surface area (Å²) in [6.45, 7) is 5.77. The highest BCUT2D eigenvalue weighted by Gasteiger charge is 2.15. The van der Waals surface area contributed by atoms with Crippen LogP contribution in [0.25, 0.3) is 11.0 Å². The van der Waals surface area contributed by atoms with Crippen molar-refractivity contribution in [2.45, 2.75) is 64.8 Å². The summed E-state index contributed by atoms with van der Waals surface area (Å²) in [5.41, 5.74) is 8.14. The Morgan fingerprint density at radius 2 is 1.71 bits per heavy atom. The fourth-order valence-electron chi connectivity index (χ4n) is 2.49. The molecule has 0 saturated heterocycles. The van der Waals surface area contributed by atoms with Crippen molar-refractivity contribution in [1.82, 2.24) is 15.0 Å². The van der Waals surface area contributed by atoms with Gasteiger partial charge in [-0.2, -0.15) is 0 Å². The summed E-state index contributed by atoms with van der Waals surface area (Å²) < 4.78 is 13.5. The standard InChI is InChI=1S/C18H30N4O2/c1-3-5-13-23-18(24-14-6-4-2)12-11-17(19)22-16-10-8-7-9-15(16)20-21-22/h7-10,17-18H,3-6,11-14,19H2,1-2H3. The van der Waals surface area contributed by atoms with Crippen LogP contribution in [0, 0.1) is 0 Å². The molecule has 0 amide bonds. The first-order valence-corrected chi connectivity index (χ1v) is 9.05. The van der Waals surface area contributed by atoms with Gasteiger partial charge in [0.25, 0.3) is 0 Å². The minimum absolute atomic E-state index is 0.191. The third kappa shape index (κ3) is 5.54. The van der Waals surface area contributed by atoms with Crippen LogP contribution in [0.2, 0.25) is 0 Å². The summed E-state index contributed by atoms with van der Waals surface area (Å²) in [4.78, 5) is 0. The van der Waals surface area contributed by atoms with Gasteiger partial charge < -0.3 is 15.2 Å². The number of para-hydroxylation sites is 1. The molecule has 2 N–H and O–H groups in total. The molecule has 24 heavy (non-hydrogen) atoms. The zero-order valence-electron chi connectivity index (χ0n) is 14.9. The highest BCUT2D eigenvalue weighted by atomic mass is 16.7. The molecule has 1 atom stereocenters. The predicted molar refractivity (Wildman–Crippen MR) is 95.5 cm³/mol. The molecule has 0 fully saturated rings. The lowest BCUT2D eigenvalue weighted by Gasteiger charge is -2.20. The van der Waals surface area contributed by atoms with Crippen LogP contribution in [0.4, 0.5) is 0 Å². The second-order valence-corrected chi connectivity index (χ2v) is 6.05. The summed E-state index contributed by atoms with van der Waals surface area (Å²) >= 11 is 0. The average molecular weight is 334 g/mol. The summed E-state index contributed by atoms with van der Waals surface area (Å²) in [6, 6.07) is 7.85. The first kappa shape index (κ1) is 18.8. The van der Waals surface area contributed by atoms with E-state index < -0.39 is 0 Å². The first-order valence-electron chi connectivity index (χ1n) is 9.05. The molecule has 1 unspecified atom stereocenters. The molecule has 0 radical (unpaired) electrons. The van der Waals surface area contributed by atoms with E-state index in [1.165, 1.54) is 0 Å². The number of hydrogen-bond donors (Lipinski definition) is 1. The van der Waals surface area contributed by atoms with Crippen LogP contribution in [0.1, 0.15) is 58.5 Å². The molecule has 2 aromatic rings. The second-order valence-electron chi connectivity index (χ2n) is 6.05. The van der Waals surface area contributed by atoms with Gasteiger partial charge in [0.15, 0.2) is 6.29 Å². The number of rotatable bonds is 12. The van der Waals surface area contributed by atoms with Gasteiger partial charge in [-0.1, -0.05) is 44.0 Å². The van der Waals surface area contributed by atoms with E-state index in [1.54, 1.807) is 4.68 Å². The minimum atomic E-state index is -0.232. The molecule has 134 valence electrons. The Morgan fingerprint density at radius 3 is 2.38 bits per heavy atom. The normalized spacial score (nSPS) is 13.0. The van der Waals surface area contributed by atoms with E-state index in [1.807, 2.05) is 24.3 Å². The van der Waals surface area contributed by atoms with Crippen molar-refractivity contribution >= 4 is 11.0 Å². The van der Waals surface area contributed by atoms with Gasteiger partial charge in [-0.3, -0.25) is 0 Å². The van der Waals surface area contributed by atoms with Gasteiger partial charge in [0, 0.05) is 19.6 Å². The summed E-state index contributed by atoms with van der Waals surface area (Å²) in [7, 11) is 0. The summed E-state index contributed by atoms with van der Waals surface area (Å²) in [6.07, 6.45) is 5.39. The third-order valence-electron chi connectivity index (χ3n) is 3.99. The van der Waals surface area contributed by atoms with E-state index in [4.69, 9.17) is 15.2 Å². The van der Waals surface area contributed by atoms with Crippen LogP contribution in [0.3, 0.4) is 0 Å². The molecule has 0 saturated carbocycles. The maximum absolute atomic E-state index is 6.31. The van der Waals surface area contributed by atoms with E-state index in [0.717, 1.165) is 62.8 Å². The summed E-state index contributed by atoms with van der Waals surface area (Å²) in [5.74, 6) is 0. The predicted octanol–water partition coefficient (Wildman–Crippen LogP) is 3.63. The number of unbranched alkanes of at least 4 members (excludes halogenated alkanes) is 2. The van der Waals surface area contributed by atoms with E-state index in [0.29, 0.717) is 0 Å². The largest absolute Gasteiger partial charge is 0.353 e. The maximum Gasteiger partial charge on any atom is 0.157 e. The van der Waals surface area contributed by atoms with Crippen LogP contribution in [0.15, 0.2) is 24.3 Å². The molecule has 0 aliphatic carbocycles. The summed E-state index contributed by atoms with van der Waals surface area (Å²) in [5, 5.41) is 8.34. The number of fused-ring (bicyclic) bond motifs is 1. The molecule has 6 heteroatoms. The van der Waals surface area contributed by atoms with Crippen molar-refractivity contribution in [1.29, 1.82) is 0 Å². The average Bonchev–Trinajstić information content (AvgIpc) is 3.03. The van der Waals surface area contributed by atoms with Crippen molar-refractivity contribution in [3.05, 3.63) is 24.3 Å². The molecule has 0 spiro atoms. The van der Waals surface area contributed by atoms with Crippen molar-refractivity contribution in [3.63, 3.8) is 0 Å². The Morgan fingerprint density at radius 1 is 1.04 bits per heavy atom. The van der Waals surface area contributed by atoms with E-state index in [2.05, 4.69) is 24.2 Å². The van der Waals surface area contributed by atoms with Gasteiger partial charge >= 0.3 is 0 Å². The zero-order chi connectivity index (χ0) is 17.2. The maximum atomic E-state index is 6.31. The van der Waals surface area contributed by atoms with Gasteiger partial charge in [0.05, 0.1) is 5.52 Å². The Hall–Kier alpha value is -1.50. The number of nitrogens with two attached hydrogens (primary N) is 1. The van der Waals surface area contributed by atoms with Crippen LogP contribution >= 0.6 is 0 Å². The van der Waals surface area contributed by atoms with Crippen LogP contribution in [0.5, 0.6) is 0 Å². The lowest BCUT2D eigenvalue weighted by molar-refractivity contribution is -0.148. The van der Waals surface area contributed by atoms with Crippen molar-refractivity contribution in [2.24, 2.45) is 5.73 Å². The van der Waals surface area contributed by atoms with Gasteiger partial charge in [-0.15, -0.1) is 5.10 Å². The fourth-order valence-corrected chi connectivity index (χ4v) is 2.49. The topological polar surface area (TPSA) is 75.2 Å². The quantitative estimate of drug-likeness (QED) is 0.474. The monoisotopic (exact) mass is 334 g/mol.